The van der Waals surface area contributed by atoms with E-state index >= 15 is 0 Å². The molecule has 0 aliphatic carbocycles. The Morgan fingerprint density at radius 2 is 2.23 bits per heavy atom. The highest BCUT2D eigenvalue weighted by molar-refractivity contribution is 5.58. The van der Waals surface area contributed by atoms with Crippen molar-refractivity contribution in [2.75, 3.05) is 25.1 Å². The first-order chi connectivity index (χ1) is 6.27. The molecular weight excluding hydrogens is 166 g/mol. The van der Waals surface area contributed by atoms with Crippen LogP contribution in [0, 0.1) is 0 Å². The van der Waals surface area contributed by atoms with Gasteiger partial charge in [-0.15, -0.1) is 0 Å². The van der Waals surface area contributed by atoms with Crippen molar-refractivity contribution in [3.63, 3.8) is 0 Å². The second-order valence-electron chi connectivity index (χ2n) is 3.31. The summed E-state index contributed by atoms with van der Waals surface area (Å²) in [5.74, 6) is 0.849. The lowest BCUT2D eigenvalue weighted by Gasteiger charge is -2.18. The van der Waals surface area contributed by atoms with E-state index < -0.39 is 6.10 Å². The Morgan fingerprint density at radius 1 is 1.46 bits per heavy atom. The van der Waals surface area contributed by atoms with Gasteiger partial charge in [0.15, 0.2) is 0 Å². The minimum atomic E-state index is -0.405. The van der Waals surface area contributed by atoms with Gasteiger partial charge in [0.25, 0.3) is 0 Å². The highest BCUT2D eigenvalue weighted by Crippen LogP contribution is 2.28. The Kier molecular flexibility index (Phi) is 2.10. The molecule has 70 valence electrons. The molecule has 3 nitrogen and oxygen atoms in total. The summed E-state index contributed by atoms with van der Waals surface area (Å²) in [4.78, 5) is 2.01. The van der Waals surface area contributed by atoms with Gasteiger partial charge < -0.3 is 14.7 Å². The molecule has 1 N–H and O–H groups in total. The van der Waals surface area contributed by atoms with Gasteiger partial charge in [0, 0.05) is 13.6 Å². The van der Waals surface area contributed by atoms with Crippen molar-refractivity contribution in [2.45, 2.75) is 6.10 Å². The van der Waals surface area contributed by atoms with E-state index in [1.165, 1.54) is 0 Å². The minimum Gasteiger partial charge on any atom is -0.489 e. The van der Waals surface area contributed by atoms with Gasteiger partial charge in [-0.05, 0) is 12.1 Å². The van der Waals surface area contributed by atoms with E-state index in [2.05, 4.69) is 0 Å². The van der Waals surface area contributed by atoms with Crippen molar-refractivity contribution < 1.29 is 9.84 Å². The van der Waals surface area contributed by atoms with Crippen LogP contribution in [-0.2, 0) is 0 Å². The first kappa shape index (κ1) is 8.38. The largest absolute Gasteiger partial charge is 0.489 e. The normalized spacial score (nSPS) is 21.7. The summed E-state index contributed by atoms with van der Waals surface area (Å²) in [6.07, 6.45) is -0.405. The molecule has 1 heterocycles. The molecule has 13 heavy (non-hydrogen) atoms. The van der Waals surface area contributed by atoms with Gasteiger partial charge in [-0.25, -0.2) is 0 Å². The molecule has 0 saturated carbocycles. The van der Waals surface area contributed by atoms with E-state index in [1.54, 1.807) is 0 Å². The third-order valence-electron chi connectivity index (χ3n) is 2.19. The summed E-state index contributed by atoms with van der Waals surface area (Å²) in [5.41, 5.74) is 1.04. The van der Waals surface area contributed by atoms with Crippen LogP contribution in [0.25, 0.3) is 0 Å². The summed E-state index contributed by atoms with van der Waals surface area (Å²) < 4.78 is 5.44. The summed E-state index contributed by atoms with van der Waals surface area (Å²) >= 11 is 0. The van der Waals surface area contributed by atoms with Crippen LogP contribution in [0.5, 0.6) is 5.75 Å². The van der Waals surface area contributed by atoms with Crippen LogP contribution in [0.3, 0.4) is 0 Å². The number of β-amino-alcohol motifs (C(OH)–C–C–N with tert-alkyl or cyclic N) is 1. The van der Waals surface area contributed by atoms with Crippen LogP contribution >= 0.6 is 0 Å². The SMILES string of the molecule is CN1CC(O)COc2ccccc21. The Morgan fingerprint density at radius 3 is 3.08 bits per heavy atom. The zero-order valence-electron chi connectivity index (χ0n) is 7.60. The molecule has 0 radical (unpaired) electrons. The van der Waals surface area contributed by atoms with E-state index in [4.69, 9.17) is 4.74 Å². The maximum absolute atomic E-state index is 9.47. The fourth-order valence-corrected chi connectivity index (χ4v) is 1.55. The molecule has 1 atom stereocenters. The maximum atomic E-state index is 9.47. The summed E-state index contributed by atoms with van der Waals surface area (Å²) in [6.45, 7) is 0.998. The number of ether oxygens (including phenoxy) is 1. The monoisotopic (exact) mass is 179 g/mol. The van der Waals surface area contributed by atoms with E-state index in [9.17, 15) is 5.11 Å². The Labute approximate surface area is 77.6 Å². The Balaban J connectivity index is 2.35. The molecule has 0 spiro atoms. The summed E-state index contributed by atoms with van der Waals surface area (Å²) in [5, 5.41) is 9.47. The number of anilines is 1. The molecule has 0 amide bonds. The van der Waals surface area contributed by atoms with Gasteiger partial charge in [-0.3, -0.25) is 0 Å². The van der Waals surface area contributed by atoms with Crippen molar-refractivity contribution >= 4 is 5.69 Å². The van der Waals surface area contributed by atoms with Gasteiger partial charge in [0.2, 0.25) is 0 Å². The lowest BCUT2D eigenvalue weighted by atomic mass is 10.2. The highest BCUT2D eigenvalue weighted by Gasteiger charge is 2.17. The third-order valence-corrected chi connectivity index (χ3v) is 2.19. The van der Waals surface area contributed by atoms with Crippen LogP contribution in [0.2, 0.25) is 0 Å². The first-order valence-electron chi connectivity index (χ1n) is 4.38. The van der Waals surface area contributed by atoms with Crippen LogP contribution in [0.4, 0.5) is 5.69 Å². The maximum Gasteiger partial charge on any atom is 0.142 e. The molecule has 1 aliphatic heterocycles. The fourth-order valence-electron chi connectivity index (χ4n) is 1.55. The van der Waals surface area contributed by atoms with Crippen molar-refractivity contribution in [3.8, 4) is 5.75 Å². The number of aliphatic hydroxyl groups excluding tert-OH is 1. The van der Waals surface area contributed by atoms with Crippen LogP contribution in [0.1, 0.15) is 0 Å². The number of hydrogen-bond acceptors (Lipinski definition) is 3. The molecular formula is C10H13NO2. The second kappa shape index (κ2) is 3.26. The zero-order chi connectivity index (χ0) is 9.26. The van der Waals surface area contributed by atoms with Gasteiger partial charge in [0.05, 0.1) is 5.69 Å². The first-order valence-corrected chi connectivity index (χ1v) is 4.38. The van der Waals surface area contributed by atoms with Crippen molar-refractivity contribution in [1.29, 1.82) is 0 Å². The molecule has 0 fully saturated rings. The van der Waals surface area contributed by atoms with Gasteiger partial charge in [0.1, 0.15) is 18.5 Å². The molecule has 1 aromatic rings. The van der Waals surface area contributed by atoms with Crippen molar-refractivity contribution in [3.05, 3.63) is 24.3 Å². The van der Waals surface area contributed by atoms with Crippen LogP contribution in [-0.4, -0.2) is 31.4 Å². The van der Waals surface area contributed by atoms with Crippen LogP contribution < -0.4 is 9.64 Å². The summed E-state index contributed by atoms with van der Waals surface area (Å²) in [6, 6.07) is 7.82. The Hall–Kier alpha value is -1.22. The standard InChI is InChI=1S/C10H13NO2/c1-11-6-8(12)7-13-10-5-3-2-4-9(10)11/h2-5,8,12H,6-7H2,1H3. The van der Waals surface area contributed by atoms with Crippen molar-refractivity contribution in [1.82, 2.24) is 0 Å². The number of nitrogens with zero attached hydrogens (tertiary/aromatic N) is 1. The van der Waals surface area contributed by atoms with E-state index in [1.807, 2.05) is 36.2 Å². The molecule has 1 aromatic carbocycles. The predicted molar refractivity (Wildman–Crippen MR) is 51.2 cm³/mol. The number of aliphatic hydroxyl groups is 1. The van der Waals surface area contributed by atoms with E-state index in [0.29, 0.717) is 13.2 Å². The molecule has 2 rings (SSSR count). The number of fused-ring (bicyclic) bond motifs is 1. The number of para-hydroxylation sites is 2. The minimum absolute atomic E-state index is 0.376. The molecule has 0 saturated heterocycles. The number of rotatable bonds is 0. The second-order valence-corrected chi connectivity index (χ2v) is 3.31. The quantitative estimate of drug-likeness (QED) is 0.641. The molecule has 0 bridgehead atoms. The average Bonchev–Trinajstić information content (AvgIpc) is 2.27. The molecule has 3 heteroatoms. The predicted octanol–water partition coefficient (Wildman–Crippen LogP) is 0.876. The Bertz CT molecular complexity index is 301. The number of hydrogen-bond donors (Lipinski definition) is 1. The molecule has 1 unspecified atom stereocenters. The molecule has 1 aliphatic rings. The van der Waals surface area contributed by atoms with Crippen molar-refractivity contribution in [2.24, 2.45) is 0 Å². The molecule has 0 aromatic heterocycles. The van der Waals surface area contributed by atoms with Gasteiger partial charge >= 0.3 is 0 Å². The average molecular weight is 179 g/mol. The van der Waals surface area contributed by atoms with Crippen LogP contribution in [0.15, 0.2) is 24.3 Å². The summed E-state index contributed by atoms with van der Waals surface area (Å²) in [7, 11) is 1.96. The highest BCUT2D eigenvalue weighted by atomic mass is 16.5. The number of likely N-dealkylation sites (N-methyl/N-ethyl adjacent to an activating group) is 1. The lowest BCUT2D eigenvalue weighted by molar-refractivity contribution is 0.119. The topological polar surface area (TPSA) is 32.7 Å². The lowest BCUT2D eigenvalue weighted by Crippen LogP contribution is -2.29. The van der Waals surface area contributed by atoms with E-state index in [0.717, 1.165) is 11.4 Å². The number of benzene rings is 1. The smallest absolute Gasteiger partial charge is 0.142 e. The third kappa shape index (κ3) is 1.60. The van der Waals surface area contributed by atoms with Gasteiger partial charge in [-0.1, -0.05) is 12.1 Å². The fraction of sp³-hybridized carbons (Fsp3) is 0.400. The van der Waals surface area contributed by atoms with E-state index in [-0.39, 0.29) is 0 Å². The van der Waals surface area contributed by atoms with Gasteiger partial charge in [-0.2, -0.15) is 0 Å². The zero-order valence-corrected chi connectivity index (χ0v) is 7.60.